The lowest BCUT2D eigenvalue weighted by Crippen LogP contribution is -2.44. The monoisotopic (exact) mass is 448 g/mol. The number of nitrogens with zero attached hydrogens (tertiary/aromatic N) is 3. The Morgan fingerprint density at radius 3 is 2.52 bits per heavy atom. The van der Waals surface area contributed by atoms with Crippen LogP contribution in [0.25, 0.3) is 0 Å². The van der Waals surface area contributed by atoms with E-state index in [9.17, 15) is 18.0 Å². The van der Waals surface area contributed by atoms with Crippen molar-refractivity contribution >= 4 is 21.7 Å². The minimum Gasteiger partial charge on any atom is -0.352 e. The van der Waals surface area contributed by atoms with Crippen molar-refractivity contribution in [3.8, 4) is 0 Å². The number of benzene rings is 1. The lowest BCUT2D eigenvalue weighted by molar-refractivity contribution is -0.130. The first kappa shape index (κ1) is 22.2. The molecule has 0 spiro atoms. The standard InChI is InChI=1S/C22H32N4O4S/c1-24-7-9-25(10-8-24)14-18-5-3-2-4-17(18)13-23-22(28)19-12-21(27)26(15-19)20-6-11-31(29,30)16-20/h2-5,19-20H,6-16H2,1H3,(H,23,28). The highest BCUT2D eigenvalue weighted by atomic mass is 32.2. The van der Waals surface area contributed by atoms with Crippen LogP contribution in [0.3, 0.4) is 0 Å². The van der Waals surface area contributed by atoms with Crippen molar-refractivity contribution < 1.29 is 18.0 Å². The van der Waals surface area contributed by atoms with Crippen molar-refractivity contribution in [2.24, 2.45) is 5.92 Å². The van der Waals surface area contributed by atoms with E-state index >= 15 is 0 Å². The maximum Gasteiger partial charge on any atom is 0.225 e. The van der Waals surface area contributed by atoms with Crippen LogP contribution < -0.4 is 5.32 Å². The normalized spacial score (nSPS) is 27.0. The summed E-state index contributed by atoms with van der Waals surface area (Å²) >= 11 is 0. The Kier molecular flexibility index (Phi) is 6.64. The zero-order chi connectivity index (χ0) is 22.0. The van der Waals surface area contributed by atoms with Crippen LogP contribution in [0.15, 0.2) is 24.3 Å². The van der Waals surface area contributed by atoms with Gasteiger partial charge in [-0.15, -0.1) is 0 Å². The molecule has 0 bridgehead atoms. The quantitative estimate of drug-likeness (QED) is 0.663. The summed E-state index contributed by atoms with van der Waals surface area (Å²) in [6, 6.07) is 7.89. The van der Waals surface area contributed by atoms with Gasteiger partial charge in [-0.3, -0.25) is 14.5 Å². The summed E-state index contributed by atoms with van der Waals surface area (Å²) in [7, 11) is -0.921. The maximum atomic E-state index is 12.8. The van der Waals surface area contributed by atoms with E-state index in [0.717, 1.165) is 38.3 Å². The van der Waals surface area contributed by atoms with Gasteiger partial charge in [0.15, 0.2) is 9.84 Å². The molecule has 2 unspecified atom stereocenters. The minimum absolute atomic E-state index is 0.0206. The fourth-order valence-electron chi connectivity index (χ4n) is 4.74. The van der Waals surface area contributed by atoms with E-state index in [4.69, 9.17) is 0 Å². The molecule has 3 fully saturated rings. The number of carbonyl (C=O) groups is 2. The Balaban J connectivity index is 1.31. The number of hydrogen-bond donors (Lipinski definition) is 1. The third-order valence-corrected chi connectivity index (χ3v) is 8.49. The number of piperazine rings is 1. The van der Waals surface area contributed by atoms with Gasteiger partial charge in [-0.1, -0.05) is 24.3 Å². The Bertz CT molecular complexity index is 927. The van der Waals surface area contributed by atoms with Crippen LogP contribution in [-0.4, -0.2) is 92.3 Å². The molecule has 3 aliphatic rings. The van der Waals surface area contributed by atoms with E-state index in [1.807, 2.05) is 18.2 Å². The number of likely N-dealkylation sites (tertiary alicyclic amines) is 1. The highest BCUT2D eigenvalue weighted by Crippen LogP contribution is 2.26. The SMILES string of the molecule is CN1CCN(Cc2ccccc2CNC(=O)C2CC(=O)N(C3CCS(=O)(=O)C3)C2)CC1. The van der Waals surface area contributed by atoms with Gasteiger partial charge in [0.05, 0.1) is 17.4 Å². The zero-order valence-electron chi connectivity index (χ0n) is 18.1. The van der Waals surface area contributed by atoms with Crippen LogP contribution in [0.2, 0.25) is 0 Å². The highest BCUT2D eigenvalue weighted by Gasteiger charge is 2.41. The summed E-state index contributed by atoms with van der Waals surface area (Å²) in [5.74, 6) is -0.515. The second kappa shape index (κ2) is 9.26. The molecule has 1 N–H and O–H groups in total. The molecule has 2 amide bonds. The number of likely N-dealkylation sites (N-methyl/N-ethyl adjacent to an activating group) is 1. The Morgan fingerprint density at radius 1 is 1.13 bits per heavy atom. The van der Waals surface area contributed by atoms with Crippen LogP contribution in [0.4, 0.5) is 0 Å². The summed E-state index contributed by atoms with van der Waals surface area (Å²) in [5.41, 5.74) is 2.31. The lowest BCUT2D eigenvalue weighted by atomic mass is 10.0. The molecule has 3 saturated heterocycles. The summed E-state index contributed by atoms with van der Waals surface area (Å²) in [4.78, 5) is 31.5. The van der Waals surface area contributed by atoms with Gasteiger partial charge in [0, 0.05) is 58.3 Å². The van der Waals surface area contributed by atoms with Gasteiger partial charge in [-0.05, 0) is 24.6 Å². The van der Waals surface area contributed by atoms with Crippen LogP contribution in [0.5, 0.6) is 0 Å². The zero-order valence-corrected chi connectivity index (χ0v) is 18.9. The van der Waals surface area contributed by atoms with Crippen molar-refractivity contribution in [3.05, 3.63) is 35.4 Å². The highest BCUT2D eigenvalue weighted by molar-refractivity contribution is 7.91. The Labute approximate surface area is 184 Å². The van der Waals surface area contributed by atoms with E-state index in [-0.39, 0.29) is 35.8 Å². The summed E-state index contributed by atoms with van der Waals surface area (Å²) in [6.45, 7) is 5.81. The molecule has 0 aromatic heterocycles. The van der Waals surface area contributed by atoms with Crippen molar-refractivity contribution in [3.63, 3.8) is 0 Å². The molecule has 3 heterocycles. The molecule has 9 heteroatoms. The molecule has 31 heavy (non-hydrogen) atoms. The molecule has 4 rings (SSSR count). The first-order valence-electron chi connectivity index (χ1n) is 11.1. The number of rotatable bonds is 6. The molecule has 0 saturated carbocycles. The van der Waals surface area contributed by atoms with E-state index in [1.54, 1.807) is 4.90 Å². The molecule has 0 aliphatic carbocycles. The van der Waals surface area contributed by atoms with Gasteiger partial charge in [0.2, 0.25) is 11.8 Å². The molecule has 170 valence electrons. The third-order valence-electron chi connectivity index (χ3n) is 6.74. The largest absolute Gasteiger partial charge is 0.352 e. The van der Waals surface area contributed by atoms with Crippen LogP contribution in [0.1, 0.15) is 24.0 Å². The lowest BCUT2D eigenvalue weighted by Gasteiger charge is -2.32. The summed E-state index contributed by atoms with van der Waals surface area (Å²) < 4.78 is 23.5. The molecule has 1 aromatic rings. The first-order valence-corrected chi connectivity index (χ1v) is 12.9. The molecule has 2 atom stereocenters. The summed E-state index contributed by atoms with van der Waals surface area (Å²) in [5, 5.41) is 3.01. The van der Waals surface area contributed by atoms with Crippen LogP contribution >= 0.6 is 0 Å². The van der Waals surface area contributed by atoms with Gasteiger partial charge >= 0.3 is 0 Å². The predicted molar refractivity (Wildman–Crippen MR) is 118 cm³/mol. The molecular weight excluding hydrogens is 416 g/mol. The Hall–Kier alpha value is -1.97. The van der Waals surface area contributed by atoms with Gasteiger partial charge in [-0.25, -0.2) is 8.42 Å². The number of carbonyl (C=O) groups excluding carboxylic acids is 2. The topological polar surface area (TPSA) is 90.0 Å². The van der Waals surface area contributed by atoms with E-state index in [1.165, 1.54) is 5.56 Å². The van der Waals surface area contributed by atoms with E-state index in [0.29, 0.717) is 19.5 Å². The first-order chi connectivity index (χ1) is 14.8. The van der Waals surface area contributed by atoms with Crippen molar-refractivity contribution in [2.75, 3.05) is 51.3 Å². The maximum absolute atomic E-state index is 12.8. The number of sulfone groups is 1. The molecule has 0 radical (unpaired) electrons. The van der Waals surface area contributed by atoms with Crippen molar-refractivity contribution in [1.82, 2.24) is 20.0 Å². The van der Waals surface area contributed by atoms with Crippen molar-refractivity contribution in [1.29, 1.82) is 0 Å². The third kappa shape index (κ3) is 5.45. The predicted octanol–water partition coefficient (Wildman–Crippen LogP) is 0.0858. The fourth-order valence-corrected chi connectivity index (χ4v) is 6.47. The van der Waals surface area contributed by atoms with E-state index < -0.39 is 15.8 Å². The second-order valence-electron chi connectivity index (χ2n) is 9.07. The molecule has 3 aliphatic heterocycles. The van der Waals surface area contributed by atoms with Crippen LogP contribution in [-0.2, 0) is 32.5 Å². The minimum atomic E-state index is -3.06. The smallest absolute Gasteiger partial charge is 0.225 e. The van der Waals surface area contributed by atoms with E-state index in [2.05, 4.69) is 28.2 Å². The molecular formula is C22H32N4O4S. The van der Waals surface area contributed by atoms with Crippen LogP contribution in [0, 0.1) is 5.92 Å². The number of nitrogens with one attached hydrogen (secondary N) is 1. The number of amides is 2. The molecule has 1 aromatic carbocycles. The fraction of sp³-hybridized carbons (Fsp3) is 0.636. The average molecular weight is 449 g/mol. The van der Waals surface area contributed by atoms with Gasteiger partial charge in [-0.2, -0.15) is 0 Å². The van der Waals surface area contributed by atoms with Gasteiger partial charge in [0.1, 0.15) is 0 Å². The number of hydrogen-bond acceptors (Lipinski definition) is 6. The molecule has 8 nitrogen and oxygen atoms in total. The van der Waals surface area contributed by atoms with Gasteiger partial charge < -0.3 is 15.1 Å². The average Bonchev–Trinajstić information content (AvgIpc) is 3.30. The van der Waals surface area contributed by atoms with Crippen molar-refractivity contribution in [2.45, 2.75) is 32.0 Å². The Morgan fingerprint density at radius 2 is 1.84 bits per heavy atom. The van der Waals surface area contributed by atoms with Gasteiger partial charge in [0.25, 0.3) is 0 Å². The second-order valence-corrected chi connectivity index (χ2v) is 11.3. The summed E-state index contributed by atoms with van der Waals surface area (Å²) in [6.07, 6.45) is 0.632.